The van der Waals surface area contributed by atoms with Crippen LogP contribution >= 0.6 is 0 Å². The molecule has 2 aromatic carbocycles. The number of nitrogens with zero attached hydrogens (tertiary/aromatic N) is 1. The summed E-state index contributed by atoms with van der Waals surface area (Å²) in [4.78, 5) is 2.50. The van der Waals surface area contributed by atoms with E-state index in [1.165, 1.54) is 54.5 Å². The minimum atomic E-state index is 0.519. The predicted molar refractivity (Wildman–Crippen MR) is 107 cm³/mol. The summed E-state index contributed by atoms with van der Waals surface area (Å²) in [5, 5.41) is 0. The van der Waals surface area contributed by atoms with Crippen molar-refractivity contribution in [3.8, 4) is 0 Å². The highest BCUT2D eigenvalue weighted by molar-refractivity contribution is 5.62. The van der Waals surface area contributed by atoms with Gasteiger partial charge in [0.1, 0.15) is 0 Å². The Kier molecular flexibility index (Phi) is 4.19. The van der Waals surface area contributed by atoms with Crippen molar-refractivity contribution in [2.24, 2.45) is 5.41 Å². The van der Waals surface area contributed by atoms with E-state index in [-0.39, 0.29) is 0 Å². The van der Waals surface area contributed by atoms with Crippen LogP contribution < -0.4 is 0 Å². The lowest BCUT2D eigenvalue weighted by molar-refractivity contribution is 0.123. The average Bonchev–Trinajstić information content (AvgIpc) is 2.62. The first kappa shape index (κ1) is 16.4. The minimum Gasteiger partial charge on any atom is -0.371 e. The third-order valence-electron chi connectivity index (χ3n) is 6.41. The zero-order valence-corrected chi connectivity index (χ0v) is 15.6. The first-order valence-electron chi connectivity index (χ1n) is 9.64. The van der Waals surface area contributed by atoms with Gasteiger partial charge in [0.25, 0.3) is 0 Å². The summed E-state index contributed by atoms with van der Waals surface area (Å²) in [7, 11) is 0. The van der Waals surface area contributed by atoms with Crippen molar-refractivity contribution in [1.82, 2.24) is 4.90 Å². The summed E-state index contributed by atoms with van der Waals surface area (Å²) in [5.41, 5.74) is 8.90. The van der Waals surface area contributed by atoms with Gasteiger partial charge < -0.3 is 4.90 Å². The number of rotatable bonds is 2. The van der Waals surface area contributed by atoms with Gasteiger partial charge in [-0.15, -0.1) is 0 Å². The van der Waals surface area contributed by atoms with Crippen molar-refractivity contribution in [2.75, 3.05) is 13.1 Å². The summed E-state index contributed by atoms with van der Waals surface area (Å²) in [5.74, 6) is 0. The summed E-state index contributed by atoms with van der Waals surface area (Å²) >= 11 is 0. The maximum Gasteiger partial charge on any atom is 0.0366 e. The molecule has 2 aromatic rings. The zero-order chi connectivity index (χ0) is 17.4. The molecule has 1 aliphatic carbocycles. The molecule has 2 aliphatic rings. The maximum atomic E-state index is 4.39. The Bertz CT molecular complexity index is 793. The summed E-state index contributed by atoms with van der Waals surface area (Å²) in [6.07, 6.45) is 6.48. The van der Waals surface area contributed by atoms with Crippen molar-refractivity contribution in [3.05, 3.63) is 76.9 Å². The van der Waals surface area contributed by atoms with Crippen LogP contribution in [0.2, 0.25) is 0 Å². The topological polar surface area (TPSA) is 3.24 Å². The Morgan fingerprint density at radius 1 is 0.920 bits per heavy atom. The minimum absolute atomic E-state index is 0.519. The first-order valence-corrected chi connectivity index (χ1v) is 9.64. The largest absolute Gasteiger partial charge is 0.371 e. The Morgan fingerprint density at radius 3 is 2.44 bits per heavy atom. The fourth-order valence-electron chi connectivity index (χ4n) is 4.74. The quantitative estimate of drug-likeness (QED) is 0.698. The van der Waals surface area contributed by atoms with Crippen LogP contribution in [0, 0.1) is 19.3 Å². The molecular formula is C24H29N. The highest BCUT2D eigenvalue weighted by atomic mass is 15.1. The van der Waals surface area contributed by atoms with E-state index in [2.05, 4.69) is 67.8 Å². The van der Waals surface area contributed by atoms with Crippen molar-refractivity contribution < 1.29 is 0 Å². The average molecular weight is 332 g/mol. The third kappa shape index (κ3) is 3.25. The van der Waals surface area contributed by atoms with Crippen molar-refractivity contribution >= 4 is 5.70 Å². The maximum absolute atomic E-state index is 4.39. The number of hydrogen-bond donors (Lipinski definition) is 0. The van der Waals surface area contributed by atoms with Crippen LogP contribution in [0.5, 0.6) is 0 Å². The highest BCUT2D eigenvalue weighted by Crippen LogP contribution is 2.44. The second kappa shape index (κ2) is 6.37. The van der Waals surface area contributed by atoms with Crippen LogP contribution in [0.1, 0.15) is 47.1 Å². The molecule has 0 atom stereocenters. The van der Waals surface area contributed by atoms with Crippen molar-refractivity contribution in [2.45, 2.75) is 46.0 Å². The third-order valence-corrected chi connectivity index (χ3v) is 6.41. The van der Waals surface area contributed by atoms with Crippen LogP contribution in [-0.4, -0.2) is 18.0 Å². The van der Waals surface area contributed by atoms with E-state index in [0.717, 1.165) is 13.1 Å². The molecule has 0 N–H and O–H groups in total. The van der Waals surface area contributed by atoms with Gasteiger partial charge in [0.15, 0.2) is 0 Å². The van der Waals surface area contributed by atoms with E-state index < -0.39 is 0 Å². The molecule has 0 aromatic heterocycles. The van der Waals surface area contributed by atoms with E-state index in [9.17, 15) is 0 Å². The van der Waals surface area contributed by atoms with Crippen LogP contribution in [0.3, 0.4) is 0 Å². The molecule has 1 heteroatoms. The van der Waals surface area contributed by atoms with E-state index in [0.29, 0.717) is 5.41 Å². The van der Waals surface area contributed by atoms with Crippen LogP contribution in [-0.2, 0) is 12.8 Å². The Labute approximate surface area is 152 Å². The molecule has 1 aliphatic heterocycles. The molecule has 0 amide bonds. The monoisotopic (exact) mass is 331 g/mol. The first-order chi connectivity index (χ1) is 12.0. The number of likely N-dealkylation sites (tertiary alicyclic amines) is 1. The molecule has 130 valence electrons. The summed E-state index contributed by atoms with van der Waals surface area (Å²) in [6.45, 7) is 11.1. The summed E-state index contributed by atoms with van der Waals surface area (Å²) < 4.78 is 0. The van der Waals surface area contributed by atoms with Crippen LogP contribution in [0.15, 0.2) is 49.0 Å². The second-order valence-electron chi connectivity index (χ2n) is 8.25. The lowest BCUT2D eigenvalue weighted by atomic mass is 9.66. The smallest absolute Gasteiger partial charge is 0.0366 e. The van der Waals surface area contributed by atoms with E-state index in [1.807, 2.05) is 0 Å². The fraction of sp³-hybridized carbons (Fsp3) is 0.417. The van der Waals surface area contributed by atoms with Gasteiger partial charge in [-0.05, 0) is 74.1 Å². The van der Waals surface area contributed by atoms with Gasteiger partial charge >= 0.3 is 0 Å². The Hall–Kier alpha value is -2.02. The lowest BCUT2D eigenvalue weighted by Gasteiger charge is -2.46. The van der Waals surface area contributed by atoms with Gasteiger partial charge in [-0.2, -0.15) is 0 Å². The van der Waals surface area contributed by atoms with E-state index >= 15 is 0 Å². The number of aryl methyl sites for hydroxylation is 3. The number of benzene rings is 2. The summed E-state index contributed by atoms with van der Waals surface area (Å²) in [6, 6.07) is 15.8. The van der Waals surface area contributed by atoms with E-state index in [4.69, 9.17) is 0 Å². The van der Waals surface area contributed by atoms with Gasteiger partial charge in [-0.25, -0.2) is 0 Å². The molecular weight excluding hydrogens is 302 g/mol. The van der Waals surface area contributed by atoms with E-state index in [1.54, 1.807) is 11.1 Å². The van der Waals surface area contributed by atoms with Crippen LogP contribution in [0.25, 0.3) is 5.70 Å². The molecule has 0 radical (unpaired) electrons. The fourth-order valence-corrected chi connectivity index (χ4v) is 4.74. The molecule has 1 spiro atoms. The van der Waals surface area contributed by atoms with Gasteiger partial charge in [-0.3, -0.25) is 0 Å². The molecule has 4 rings (SSSR count). The SMILES string of the molecule is C=C(c1cccc(C)c1)N1CCC2(CCc3cc(C)ccc3C2)CC1. The van der Waals surface area contributed by atoms with Gasteiger partial charge in [0.05, 0.1) is 0 Å². The molecule has 1 heterocycles. The van der Waals surface area contributed by atoms with Crippen molar-refractivity contribution in [1.29, 1.82) is 0 Å². The molecule has 0 saturated carbocycles. The molecule has 0 unspecified atom stereocenters. The van der Waals surface area contributed by atoms with Crippen LogP contribution in [0.4, 0.5) is 0 Å². The van der Waals surface area contributed by atoms with Gasteiger partial charge in [0, 0.05) is 18.8 Å². The molecule has 25 heavy (non-hydrogen) atoms. The Balaban J connectivity index is 1.45. The number of piperidine rings is 1. The van der Waals surface area contributed by atoms with Crippen molar-refractivity contribution in [3.63, 3.8) is 0 Å². The van der Waals surface area contributed by atoms with Gasteiger partial charge in [-0.1, -0.05) is 54.1 Å². The Morgan fingerprint density at radius 2 is 1.68 bits per heavy atom. The predicted octanol–water partition coefficient (Wildman–Crippen LogP) is 5.55. The highest BCUT2D eigenvalue weighted by Gasteiger charge is 2.37. The molecule has 1 fully saturated rings. The lowest BCUT2D eigenvalue weighted by Crippen LogP contribution is -2.42. The molecule has 1 nitrogen and oxygen atoms in total. The number of hydrogen-bond acceptors (Lipinski definition) is 1. The number of fused-ring (bicyclic) bond motifs is 1. The standard InChI is InChI=1S/C24H29N/c1-18-5-4-6-21(15-18)20(3)25-13-11-24(12-14-25)10-9-22-16-19(2)7-8-23(22)17-24/h4-8,15-16H,3,9-14,17H2,1-2H3. The molecule has 1 saturated heterocycles. The van der Waals surface area contributed by atoms with Gasteiger partial charge in [0.2, 0.25) is 0 Å². The molecule has 0 bridgehead atoms. The zero-order valence-electron chi connectivity index (χ0n) is 15.6. The second-order valence-corrected chi connectivity index (χ2v) is 8.25. The normalized spacial score (nSPS) is 18.9.